The van der Waals surface area contributed by atoms with Crippen LogP contribution in [0.15, 0.2) is 146 Å². The largest absolute Gasteiger partial charge is 0.507 e. The zero-order valence-corrected chi connectivity index (χ0v) is 72.4. The van der Waals surface area contributed by atoms with Crippen LogP contribution in [0.4, 0.5) is 0 Å². The first-order valence-corrected chi connectivity index (χ1v) is 40.6. The molecule has 0 radical (unpaired) electrons. The lowest BCUT2D eigenvalue weighted by molar-refractivity contribution is 0.300. The van der Waals surface area contributed by atoms with E-state index < -0.39 is 0 Å². The number of fused-ring (bicyclic) bond motifs is 16. The van der Waals surface area contributed by atoms with Crippen molar-refractivity contribution in [3.05, 3.63) is 301 Å². The molecule has 0 saturated heterocycles. The molecule has 0 heterocycles. The van der Waals surface area contributed by atoms with E-state index in [2.05, 4.69) is 326 Å². The van der Waals surface area contributed by atoms with E-state index in [1.54, 1.807) is 0 Å². The van der Waals surface area contributed by atoms with E-state index in [0.717, 1.165) is 89.0 Å². The lowest BCUT2D eigenvalue weighted by atomic mass is 9.79. The molecule has 8 nitrogen and oxygen atoms in total. The van der Waals surface area contributed by atoms with Crippen LogP contribution in [-0.4, -0.2) is 30.6 Å². The number of aromatic hydroxyl groups is 6. The Kier molecular flexibility index (Phi) is 23.0. The van der Waals surface area contributed by atoms with Gasteiger partial charge in [0.25, 0.3) is 0 Å². The van der Waals surface area contributed by atoms with E-state index in [4.69, 9.17) is 9.47 Å². The smallest absolute Gasteiger partial charge is 0.126 e. The van der Waals surface area contributed by atoms with Crippen molar-refractivity contribution in [1.29, 1.82) is 0 Å². The molecule has 0 atom stereocenters. The lowest BCUT2D eigenvalue weighted by Gasteiger charge is -2.27. The van der Waals surface area contributed by atoms with Crippen LogP contribution in [0.25, 0.3) is 0 Å². The van der Waals surface area contributed by atoms with Crippen molar-refractivity contribution in [2.75, 3.05) is 0 Å². The fourth-order valence-corrected chi connectivity index (χ4v) is 15.4. The Balaban J connectivity index is 1.21. The van der Waals surface area contributed by atoms with E-state index in [-0.39, 0.29) is 117 Å². The monoisotopic (exact) mass is 1500 g/mol. The molecule has 0 saturated carbocycles. The van der Waals surface area contributed by atoms with Crippen molar-refractivity contribution < 1.29 is 40.1 Å². The van der Waals surface area contributed by atoms with Gasteiger partial charge in [-0.25, -0.2) is 0 Å². The normalized spacial score (nSPS) is 13.8. The highest BCUT2D eigenvalue weighted by Gasteiger charge is 2.33. The zero-order chi connectivity index (χ0) is 82.2. The first kappa shape index (κ1) is 83.5. The summed E-state index contributed by atoms with van der Waals surface area (Å²) in [4.78, 5) is 0. The summed E-state index contributed by atoms with van der Waals surface area (Å²) in [6.07, 6.45) is 1.99. The first-order valence-electron chi connectivity index (χ1n) is 40.6. The molecule has 8 heteroatoms. The molecule has 10 aromatic carbocycles. The van der Waals surface area contributed by atoms with Crippen LogP contribution in [0.2, 0.25) is 0 Å². The topological polar surface area (TPSA) is 140 Å². The van der Waals surface area contributed by atoms with Crippen molar-refractivity contribution in [3.8, 4) is 46.0 Å². The molecule has 10 aromatic rings. The fraction of sp³-hybridized carbons (Fsp3) is 0.423. The van der Waals surface area contributed by atoms with Gasteiger partial charge in [-0.2, -0.15) is 0 Å². The number of hydrogen-bond acceptors (Lipinski definition) is 8. The van der Waals surface area contributed by atoms with Gasteiger partial charge in [0.1, 0.15) is 59.2 Å². The number of hydrogen-bond donors (Lipinski definition) is 6. The van der Waals surface area contributed by atoms with Gasteiger partial charge in [0.2, 0.25) is 0 Å². The van der Waals surface area contributed by atoms with Gasteiger partial charge in [-0.15, -0.1) is 0 Å². The van der Waals surface area contributed by atoms with Crippen LogP contribution < -0.4 is 9.47 Å². The van der Waals surface area contributed by atoms with Gasteiger partial charge < -0.3 is 40.1 Å². The molecule has 1 aliphatic carbocycles. The third-order valence-electron chi connectivity index (χ3n) is 23.1. The maximum Gasteiger partial charge on any atom is 0.126 e. The number of phenolic OH excluding ortho intramolecular Hbond substituents is 6. The predicted octanol–water partition coefficient (Wildman–Crippen LogP) is 25.1. The van der Waals surface area contributed by atoms with E-state index in [1.165, 1.54) is 0 Å². The third-order valence-corrected chi connectivity index (χ3v) is 23.1. The van der Waals surface area contributed by atoms with Crippen molar-refractivity contribution in [1.82, 2.24) is 0 Å². The quantitative estimate of drug-likeness (QED) is 0.0968. The van der Waals surface area contributed by atoms with Crippen LogP contribution in [0.1, 0.15) is 322 Å². The minimum atomic E-state index is -0.368. The van der Waals surface area contributed by atoms with Gasteiger partial charge in [-0.3, -0.25) is 0 Å². The summed E-state index contributed by atoms with van der Waals surface area (Å²) >= 11 is 0. The SMILES string of the molecule is Cc1ccc(COc2c3cc(C(C)(C)C)cc2Cc2cc(C(C)(C)C)cc(c2O)Cc2cc(C(C)(C)C)cc(c2O)Cc2cc(C(C)(C)C)cc(c2O)Cc2cc(C(C)(C)C)cc(c2OCc2ccc(C)cc2)Cc2cc(C(C)(C)C)cc(c2O)Cc2cc(C(C)(C)C)cc(c2O)Cc2cc(C(C)(C)C)cc(c2O)C3)cc1. The summed E-state index contributed by atoms with van der Waals surface area (Å²) in [6.45, 7) is 57.4. The average Bonchev–Trinajstić information content (AvgIpc) is 0.774. The maximum atomic E-state index is 13.3. The lowest BCUT2D eigenvalue weighted by Crippen LogP contribution is -2.16. The Morgan fingerprint density at radius 1 is 0.205 bits per heavy atom. The molecule has 592 valence electrons. The van der Waals surface area contributed by atoms with Crippen molar-refractivity contribution in [2.45, 2.75) is 288 Å². The van der Waals surface area contributed by atoms with Gasteiger partial charge in [0.15, 0.2) is 0 Å². The fourth-order valence-electron chi connectivity index (χ4n) is 15.4. The summed E-state index contributed by atoms with van der Waals surface area (Å²) in [5.41, 5.74) is 21.4. The summed E-state index contributed by atoms with van der Waals surface area (Å²) in [5.74, 6) is 2.09. The Hall–Kier alpha value is -9.40. The second kappa shape index (κ2) is 30.8. The molecular formula is C104H128O8. The van der Waals surface area contributed by atoms with E-state index in [9.17, 15) is 30.6 Å². The Morgan fingerprint density at radius 3 is 0.464 bits per heavy atom. The third kappa shape index (κ3) is 19.1. The van der Waals surface area contributed by atoms with Crippen LogP contribution in [0.3, 0.4) is 0 Å². The highest BCUT2D eigenvalue weighted by atomic mass is 16.5. The molecular weight excluding hydrogens is 1380 g/mol. The molecule has 0 aromatic heterocycles. The van der Waals surface area contributed by atoms with Gasteiger partial charge >= 0.3 is 0 Å². The van der Waals surface area contributed by atoms with Crippen LogP contribution in [0, 0.1) is 13.8 Å². The Bertz CT molecular complexity index is 4610. The van der Waals surface area contributed by atoms with Crippen LogP contribution >= 0.6 is 0 Å². The Labute approximate surface area is 671 Å². The summed E-state index contributed by atoms with van der Waals surface area (Å²) in [5, 5.41) is 79.4. The van der Waals surface area contributed by atoms with Gasteiger partial charge in [-0.1, -0.05) is 323 Å². The number of benzene rings is 10. The molecule has 0 amide bonds. The number of rotatable bonds is 6. The van der Waals surface area contributed by atoms with Crippen molar-refractivity contribution in [2.24, 2.45) is 0 Å². The zero-order valence-electron chi connectivity index (χ0n) is 72.4. The highest BCUT2D eigenvalue weighted by molar-refractivity contribution is 5.63. The molecule has 112 heavy (non-hydrogen) atoms. The molecule has 0 fully saturated rings. The molecule has 11 rings (SSSR count). The minimum Gasteiger partial charge on any atom is -0.507 e. The van der Waals surface area contributed by atoms with E-state index in [1.807, 2.05) is 0 Å². The molecule has 0 aliphatic heterocycles. The van der Waals surface area contributed by atoms with E-state index in [0.29, 0.717) is 104 Å². The second-order valence-corrected chi connectivity index (χ2v) is 41.1. The first-order chi connectivity index (χ1) is 51.8. The molecule has 1 aliphatic rings. The molecule has 16 bridgehead atoms. The maximum absolute atomic E-state index is 13.3. The number of ether oxygens (including phenoxy) is 2. The predicted molar refractivity (Wildman–Crippen MR) is 465 cm³/mol. The van der Waals surface area contributed by atoms with Crippen LogP contribution in [0.5, 0.6) is 46.0 Å². The van der Waals surface area contributed by atoms with Gasteiger partial charge in [0, 0.05) is 51.4 Å². The van der Waals surface area contributed by atoms with E-state index >= 15 is 0 Å². The summed E-state index contributed by atoms with van der Waals surface area (Å²) in [6, 6.07) is 51.1. The average molecular weight is 1510 g/mol. The highest BCUT2D eigenvalue weighted by Crippen LogP contribution is 2.48. The minimum absolute atomic E-state index is 0.107. The van der Waals surface area contributed by atoms with Crippen molar-refractivity contribution >= 4 is 0 Å². The number of phenols is 6. The van der Waals surface area contributed by atoms with Crippen LogP contribution in [-0.2, 0) is 108 Å². The summed E-state index contributed by atoms with van der Waals surface area (Å²) in [7, 11) is 0. The molecule has 6 N–H and O–H groups in total. The standard InChI is InChI=1S/C104H128O8/c1-61-27-31-63(32-28-61)59-111-95-77-39-73-51-83(99(9,10)11)47-69(91(73)107)35-65-43-81(97(3,4)5)45-67(89(65)105)37-71-49-85(101(15,16)17)53-75(93(71)109)41-79-57-88(104(24,25)26)58-80(96(79)112-60-64-33-29-62(2)30-34-64)42-76-54-86(102(18,19)20)50-72(94(76)110)38-68-46-82(98(6,7)8)44-66(90(68)106)36-70-48-84(100(12,13)14)52-74(92(70)108)40-78(95)56-87(55-77)103(21,22)23/h27-34,43-58,105-110H,35-42,59-60H2,1-26H3. The van der Waals surface area contributed by atoms with Gasteiger partial charge in [-0.05, 0) is 202 Å². The van der Waals surface area contributed by atoms with Gasteiger partial charge in [0.05, 0.1) is 0 Å². The second-order valence-electron chi connectivity index (χ2n) is 41.1. The van der Waals surface area contributed by atoms with Crippen molar-refractivity contribution in [3.63, 3.8) is 0 Å². The number of aryl methyl sites for hydroxylation is 2. The molecule has 0 spiro atoms. The Morgan fingerprint density at radius 2 is 0.330 bits per heavy atom. The molecule has 0 unspecified atom stereocenters. The summed E-state index contributed by atoms with van der Waals surface area (Å²) < 4.78 is 14.6.